The van der Waals surface area contributed by atoms with E-state index < -0.39 is 11.9 Å². The second-order valence-corrected chi connectivity index (χ2v) is 5.60. The van der Waals surface area contributed by atoms with Crippen LogP contribution in [0.4, 0.5) is 0 Å². The van der Waals surface area contributed by atoms with E-state index in [1.807, 2.05) is 48.0 Å². The summed E-state index contributed by atoms with van der Waals surface area (Å²) in [5, 5.41) is 9.05. The number of carboxylic acid groups (broad SMARTS) is 1. The van der Waals surface area contributed by atoms with Crippen molar-refractivity contribution in [3.8, 4) is 11.3 Å². The Bertz CT molecular complexity index is 712. The van der Waals surface area contributed by atoms with Gasteiger partial charge in [-0.2, -0.15) is 0 Å². The van der Waals surface area contributed by atoms with E-state index in [1.165, 1.54) is 0 Å². The van der Waals surface area contributed by atoms with Crippen LogP contribution in [0.2, 0.25) is 0 Å². The molecular formula is C17H19ClN2O3. The first-order chi connectivity index (χ1) is 10.6. The number of nitrogens with zero attached hydrogens (tertiary/aromatic N) is 2. The van der Waals surface area contributed by atoms with Gasteiger partial charge in [0.15, 0.2) is 0 Å². The molecule has 122 valence electrons. The Balaban J connectivity index is 0.00000192. The normalized spacial score (nSPS) is 16.9. The molecule has 1 saturated heterocycles. The van der Waals surface area contributed by atoms with Crippen molar-refractivity contribution in [3.63, 3.8) is 0 Å². The summed E-state index contributed by atoms with van der Waals surface area (Å²) in [6.07, 6.45) is 0.525. The average molecular weight is 335 g/mol. The molecule has 0 aliphatic carbocycles. The Labute approximate surface area is 140 Å². The third-order valence-corrected chi connectivity index (χ3v) is 4.24. The van der Waals surface area contributed by atoms with Crippen LogP contribution in [0.1, 0.15) is 16.9 Å². The maximum Gasteiger partial charge on any atom is 0.308 e. The Hall–Kier alpha value is -2.27. The van der Waals surface area contributed by atoms with Gasteiger partial charge >= 0.3 is 5.97 Å². The molecule has 3 rings (SSSR count). The molecule has 0 radical (unpaired) electrons. The van der Waals surface area contributed by atoms with Gasteiger partial charge in [-0.3, -0.25) is 9.59 Å². The van der Waals surface area contributed by atoms with Gasteiger partial charge in [0, 0.05) is 25.8 Å². The zero-order valence-corrected chi connectivity index (χ0v) is 13.6. The number of hydrogen-bond donors (Lipinski definition) is 1. The molecule has 1 aliphatic rings. The fraction of sp³-hybridized carbons (Fsp3) is 0.294. The van der Waals surface area contributed by atoms with Gasteiger partial charge in [-0.05, 0) is 24.1 Å². The van der Waals surface area contributed by atoms with Gasteiger partial charge in [0.2, 0.25) is 0 Å². The quantitative estimate of drug-likeness (QED) is 0.938. The van der Waals surface area contributed by atoms with Crippen molar-refractivity contribution < 1.29 is 14.7 Å². The van der Waals surface area contributed by atoms with Crippen molar-refractivity contribution in [1.29, 1.82) is 0 Å². The highest BCUT2D eigenvalue weighted by molar-refractivity contribution is 5.94. The van der Waals surface area contributed by atoms with E-state index in [0.29, 0.717) is 25.2 Å². The lowest BCUT2D eigenvalue weighted by molar-refractivity contribution is -0.141. The smallest absolute Gasteiger partial charge is 0.308 e. The molecule has 0 saturated carbocycles. The molecule has 1 atom stereocenters. The fourth-order valence-corrected chi connectivity index (χ4v) is 2.93. The number of halogens is 1. The van der Waals surface area contributed by atoms with E-state index in [0.717, 1.165) is 11.3 Å². The molecule has 1 N–H and O–H groups in total. The van der Waals surface area contributed by atoms with Gasteiger partial charge in [-0.15, -0.1) is 12.4 Å². The number of hydrogen-bond acceptors (Lipinski definition) is 2. The van der Waals surface area contributed by atoms with E-state index in [9.17, 15) is 9.59 Å². The van der Waals surface area contributed by atoms with Crippen LogP contribution in [0.5, 0.6) is 0 Å². The summed E-state index contributed by atoms with van der Waals surface area (Å²) in [5.41, 5.74) is 2.61. The lowest BCUT2D eigenvalue weighted by Crippen LogP contribution is -2.31. The Kier molecular flexibility index (Phi) is 5.11. The highest BCUT2D eigenvalue weighted by Gasteiger charge is 2.32. The molecule has 6 heteroatoms. The Morgan fingerprint density at radius 3 is 2.43 bits per heavy atom. The van der Waals surface area contributed by atoms with Crippen LogP contribution in [0.25, 0.3) is 11.3 Å². The van der Waals surface area contributed by atoms with E-state index in [4.69, 9.17) is 5.11 Å². The number of likely N-dealkylation sites (tertiary alicyclic amines) is 1. The summed E-state index contributed by atoms with van der Waals surface area (Å²) >= 11 is 0. The van der Waals surface area contributed by atoms with E-state index in [2.05, 4.69) is 0 Å². The highest BCUT2D eigenvalue weighted by atomic mass is 35.5. The molecule has 0 spiro atoms. The van der Waals surface area contributed by atoms with Crippen molar-refractivity contribution >= 4 is 24.3 Å². The molecule has 5 nitrogen and oxygen atoms in total. The second-order valence-electron chi connectivity index (χ2n) is 5.60. The molecular weight excluding hydrogens is 316 g/mol. The summed E-state index contributed by atoms with van der Waals surface area (Å²) in [6.45, 7) is 0.793. The van der Waals surface area contributed by atoms with Crippen molar-refractivity contribution in [2.45, 2.75) is 6.42 Å². The zero-order chi connectivity index (χ0) is 15.7. The molecule has 1 unspecified atom stereocenters. The molecule has 1 aliphatic heterocycles. The van der Waals surface area contributed by atoms with Gasteiger partial charge < -0.3 is 14.6 Å². The highest BCUT2D eigenvalue weighted by Crippen LogP contribution is 2.24. The summed E-state index contributed by atoms with van der Waals surface area (Å²) in [4.78, 5) is 25.2. The largest absolute Gasteiger partial charge is 0.481 e. The third-order valence-electron chi connectivity index (χ3n) is 4.24. The topological polar surface area (TPSA) is 62.5 Å². The number of aromatic nitrogens is 1. The van der Waals surface area contributed by atoms with Crippen LogP contribution < -0.4 is 0 Å². The zero-order valence-electron chi connectivity index (χ0n) is 12.8. The first-order valence-corrected chi connectivity index (χ1v) is 7.31. The van der Waals surface area contributed by atoms with Gasteiger partial charge in [0.05, 0.1) is 5.92 Å². The summed E-state index contributed by atoms with van der Waals surface area (Å²) < 4.78 is 1.87. The van der Waals surface area contributed by atoms with Crippen LogP contribution in [-0.2, 0) is 11.8 Å². The van der Waals surface area contributed by atoms with Crippen LogP contribution in [0.15, 0.2) is 42.5 Å². The van der Waals surface area contributed by atoms with Gasteiger partial charge in [0.25, 0.3) is 5.91 Å². The third kappa shape index (κ3) is 3.24. The first-order valence-electron chi connectivity index (χ1n) is 7.31. The monoisotopic (exact) mass is 334 g/mol. The maximum atomic E-state index is 12.6. The van der Waals surface area contributed by atoms with Gasteiger partial charge in [-0.25, -0.2) is 0 Å². The number of carboxylic acids is 1. The van der Waals surface area contributed by atoms with E-state index in [-0.39, 0.29) is 18.3 Å². The van der Waals surface area contributed by atoms with Crippen LogP contribution in [-0.4, -0.2) is 39.5 Å². The standard InChI is InChI=1S/C17H18N2O3.ClH/c1-18-14(12-5-3-2-4-6-12)7-8-15(18)16(20)19-10-9-13(11-19)17(21)22;/h2-8,13H,9-11H2,1H3,(H,21,22);1H. The molecule has 2 heterocycles. The molecule has 23 heavy (non-hydrogen) atoms. The minimum Gasteiger partial charge on any atom is -0.481 e. The second kappa shape index (κ2) is 6.87. The number of aliphatic carboxylic acids is 1. The minimum atomic E-state index is -0.827. The van der Waals surface area contributed by atoms with Crippen molar-refractivity contribution in [2.24, 2.45) is 13.0 Å². The van der Waals surface area contributed by atoms with E-state index in [1.54, 1.807) is 11.0 Å². The summed E-state index contributed by atoms with van der Waals surface area (Å²) in [6, 6.07) is 13.6. The molecule has 1 aromatic carbocycles. The van der Waals surface area contributed by atoms with Crippen molar-refractivity contribution in [3.05, 3.63) is 48.2 Å². The minimum absolute atomic E-state index is 0. The number of benzene rings is 1. The van der Waals surface area contributed by atoms with Crippen molar-refractivity contribution in [2.75, 3.05) is 13.1 Å². The molecule has 0 bridgehead atoms. The molecule has 1 aromatic heterocycles. The van der Waals surface area contributed by atoms with Crippen LogP contribution >= 0.6 is 12.4 Å². The predicted octanol–water partition coefficient (Wildman–Crippen LogP) is 2.66. The van der Waals surface area contributed by atoms with Crippen LogP contribution in [0, 0.1) is 5.92 Å². The van der Waals surface area contributed by atoms with Gasteiger partial charge in [-0.1, -0.05) is 30.3 Å². The molecule has 2 aromatic rings. The summed E-state index contributed by atoms with van der Waals surface area (Å²) in [7, 11) is 1.86. The molecule has 1 fully saturated rings. The van der Waals surface area contributed by atoms with Crippen molar-refractivity contribution in [1.82, 2.24) is 9.47 Å². The molecule has 1 amide bonds. The first kappa shape index (κ1) is 17.1. The maximum absolute atomic E-state index is 12.6. The predicted molar refractivity (Wildman–Crippen MR) is 89.7 cm³/mol. The number of carbonyl (C=O) groups is 2. The number of carbonyl (C=O) groups excluding carboxylic acids is 1. The van der Waals surface area contributed by atoms with Gasteiger partial charge in [0.1, 0.15) is 5.69 Å². The SMILES string of the molecule is Cl.Cn1c(C(=O)N2CCC(C(=O)O)C2)ccc1-c1ccccc1. The van der Waals surface area contributed by atoms with E-state index >= 15 is 0 Å². The Morgan fingerprint density at radius 1 is 1.13 bits per heavy atom. The number of amides is 1. The lowest BCUT2D eigenvalue weighted by atomic mass is 10.1. The summed E-state index contributed by atoms with van der Waals surface area (Å²) in [5.74, 6) is -1.38. The lowest BCUT2D eigenvalue weighted by Gasteiger charge is -2.17. The number of rotatable bonds is 3. The average Bonchev–Trinajstić information content (AvgIpc) is 3.14. The Morgan fingerprint density at radius 2 is 1.83 bits per heavy atom. The van der Waals surface area contributed by atoms with Crippen LogP contribution in [0.3, 0.4) is 0 Å². The fourth-order valence-electron chi connectivity index (χ4n) is 2.93.